The van der Waals surface area contributed by atoms with Gasteiger partial charge in [-0.3, -0.25) is 4.79 Å². The molecule has 0 spiro atoms. The Labute approximate surface area is 121 Å². The predicted molar refractivity (Wildman–Crippen MR) is 78.2 cm³/mol. The molecule has 1 aromatic carbocycles. The highest BCUT2D eigenvalue weighted by Gasteiger charge is 2.12. The fraction of sp³-hybridized carbons (Fsp3) is 0.267. The zero-order chi connectivity index (χ0) is 13.7. The average Bonchev–Trinajstić information content (AvgIpc) is 2.86. The Hall–Kier alpha value is -1.55. The van der Waals surface area contributed by atoms with Crippen LogP contribution in [0, 0.1) is 0 Å². The van der Waals surface area contributed by atoms with Gasteiger partial charge in [-0.2, -0.15) is 0 Å². The number of amides is 1. The van der Waals surface area contributed by atoms with Gasteiger partial charge in [-0.25, -0.2) is 0 Å². The quantitative estimate of drug-likeness (QED) is 0.905. The van der Waals surface area contributed by atoms with Gasteiger partial charge in [0.05, 0.1) is 11.8 Å². The molecule has 0 fully saturated rings. The Morgan fingerprint density at radius 2 is 2.05 bits per heavy atom. The Bertz CT molecular complexity index is 536. The summed E-state index contributed by atoms with van der Waals surface area (Å²) in [6.07, 6.45) is 2.40. The second kappa shape index (κ2) is 6.57. The van der Waals surface area contributed by atoms with Crippen molar-refractivity contribution in [3.63, 3.8) is 0 Å². The Morgan fingerprint density at radius 1 is 1.32 bits per heavy atom. The average molecular weight is 322 g/mol. The molecule has 1 N–H and O–H groups in total. The minimum atomic E-state index is -0.110. The SMILES string of the molecule is CC(CCNC(=O)c1ccoc1Br)c1ccccc1. The van der Waals surface area contributed by atoms with Gasteiger partial charge in [0, 0.05) is 6.54 Å². The van der Waals surface area contributed by atoms with E-state index in [1.54, 1.807) is 6.07 Å². The number of nitrogens with one attached hydrogen (secondary N) is 1. The van der Waals surface area contributed by atoms with E-state index >= 15 is 0 Å². The highest BCUT2D eigenvalue weighted by atomic mass is 79.9. The van der Waals surface area contributed by atoms with Crippen LogP contribution in [-0.4, -0.2) is 12.5 Å². The smallest absolute Gasteiger partial charge is 0.255 e. The molecule has 0 aliphatic carbocycles. The third-order valence-corrected chi connectivity index (χ3v) is 3.71. The Morgan fingerprint density at radius 3 is 2.68 bits per heavy atom. The molecular weight excluding hydrogens is 306 g/mol. The second-order valence-electron chi connectivity index (χ2n) is 4.46. The first-order valence-corrected chi connectivity index (χ1v) is 7.04. The molecule has 1 amide bonds. The first kappa shape index (κ1) is 13.9. The van der Waals surface area contributed by atoms with E-state index in [9.17, 15) is 4.79 Å². The van der Waals surface area contributed by atoms with Gasteiger partial charge in [-0.05, 0) is 39.9 Å². The number of furan rings is 1. The van der Waals surface area contributed by atoms with Crippen LogP contribution in [0.25, 0.3) is 0 Å². The molecule has 0 radical (unpaired) electrons. The van der Waals surface area contributed by atoms with Crippen LogP contribution < -0.4 is 5.32 Å². The first-order valence-electron chi connectivity index (χ1n) is 6.24. The zero-order valence-corrected chi connectivity index (χ0v) is 12.3. The van der Waals surface area contributed by atoms with Gasteiger partial charge in [0.1, 0.15) is 0 Å². The van der Waals surface area contributed by atoms with Gasteiger partial charge >= 0.3 is 0 Å². The van der Waals surface area contributed by atoms with E-state index in [1.807, 2.05) is 18.2 Å². The lowest BCUT2D eigenvalue weighted by Gasteiger charge is -2.12. The number of halogens is 1. The van der Waals surface area contributed by atoms with Gasteiger partial charge in [0.15, 0.2) is 4.67 Å². The van der Waals surface area contributed by atoms with Crippen LogP contribution in [0.5, 0.6) is 0 Å². The normalized spacial score (nSPS) is 12.1. The molecule has 1 unspecified atom stereocenters. The van der Waals surface area contributed by atoms with Crippen LogP contribution in [0.4, 0.5) is 0 Å². The maximum Gasteiger partial charge on any atom is 0.255 e. The summed E-state index contributed by atoms with van der Waals surface area (Å²) in [4.78, 5) is 11.8. The summed E-state index contributed by atoms with van der Waals surface area (Å²) in [6, 6.07) is 12.0. The Kier molecular flexibility index (Phi) is 4.80. The summed E-state index contributed by atoms with van der Waals surface area (Å²) in [5, 5.41) is 2.90. The molecule has 1 heterocycles. The number of carbonyl (C=O) groups excluding carboxylic acids is 1. The summed E-state index contributed by atoms with van der Waals surface area (Å²) in [5.74, 6) is 0.315. The lowest BCUT2D eigenvalue weighted by atomic mass is 9.98. The largest absolute Gasteiger partial charge is 0.457 e. The summed E-state index contributed by atoms with van der Waals surface area (Å²) < 4.78 is 5.51. The lowest BCUT2D eigenvalue weighted by molar-refractivity contribution is 0.0951. The molecule has 4 heteroatoms. The van der Waals surface area contributed by atoms with Crippen LogP contribution in [-0.2, 0) is 0 Å². The molecule has 100 valence electrons. The summed E-state index contributed by atoms with van der Waals surface area (Å²) in [5.41, 5.74) is 1.83. The summed E-state index contributed by atoms with van der Waals surface area (Å²) in [7, 11) is 0. The third kappa shape index (κ3) is 3.70. The van der Waals surface area contributed by atoms with E-state index in [0.717, 1.165) is 6.42 Å². The van der Waals surface area contributed by atoms with Crippen LogP contribution in [0.2, 0.25) is 0 Å². The maximum absolute atomic E-state index is 11.8. The van der Waals surface area contributed by atoms with Crippen molar-refractivity contribution in [3.8, 4) is 0 Å². The van der Waals surface area contributed by atoms with E-state index in [4.69, 9.17) is 4.42 Å². The van der Waals surface area contributed by atoms with Crippen molar-refractivity contribution in [1.29, 1.82) is 0 Å². The molecule has 0 aliphatic rings. The predicted octanol–water partition coefficient (Wildman–Crippen LogP) is 3.97. The molecule has 1 aromatic heterocycles. The molecule has 3 nitrogen and oxygen atoms in total. The molecule has 0 saturated carbocycles. The summed E-state index contributed by atoms with van der Waals surface area (Å²) >= 11 is 3.20. The first-order chi connectivity index (χ1) is 9.18. The number of hydrogen-bond acceptors (Lipinski definition) is 2. The Balaban J connectivity index is 1.81. The highest BCUT2D eigenvalue weighted by Crippen LogP contribution is 2.19. The summed E-state index contributed by atoms with van der Waals surface area (Å²) in [6.45, 7) is 2.81. The zero-order valence-electron chi connectivity index (χ0n) is 10.7. The number of hydrogen-bond donors (Lipinski definition) is 1. The minimum Gasteiger partial charge on any atom is -0.457 e. The van der Waals surface area contributed by atoms with Gasteiger partial charge in [0.2, 0.25) is 0 Å². The van der Waals surface area contributed by atoms with Crippen molar-refractivity contribution < 1.29 is 9.21 Å². The molecule has 0 aliphatic heterocycles. The van der Waals surface area contributed by atoms with Crippen LogP contribution in [0.1, 0.15) is 35.2 Å². The van der Waals surface area contributed by atoms with Crippen molar-refractivity contribution >= 4 is 21.8 Å². The minimum absolute atomic E-state index is 0.110. The van der Waals surface area contributed by atoms with E-state index in [2.05, 4.69) is 40.3 Å². The standard InChI is InChI=1S/C15H16BrNO2/c1-11(12-5-3-2-4-6-12)7-9-17-15(18)13-8-10-19-14(13)16/h2-6,8,10-11H,7,9H2,1H3,(H,17,18). The van der Waals surface area contributed by atoms with E-state index in [1.165, 1.54) is 11.8 Å². The molecule has 0 bridgehead atoms. The maximum atomic E-state index is 11.8. The third-order valence-electron chi connectivity index (χ3n) is 3.09. The second-order valence-corrected chi connectivity index (χ2v) is 5.18. The van der Waals surface area contributed by atoms with Crippen molar-refractivity contribution in [2.45, 2.75) is 19.3 Å². The van der Waals surface area contributed by atoms with Crippen molar-refractivity contribution in [3.05, 3.63) is 58.5 Å². The van der Waals surface area contributed by atoms with Crippen LogP contribution in [0.3, 0.4) is 0 Å². The molecule has 0 saturated heterocycles. The number of rotatable bonds is 5. The molecule has 1 atom stereocenters. The monoisotopic (exact) mass is 321 g/mol. The van der Waals surface area contributed by atoms with E-state index < -0.39 is 0 Å². The molecule has 19 heavy (non-hydrogen) atoms. The van der Waals surface area contributed by atoms with Crippen molar-refractivity contribution in [2.24, 2.45) is 0 Å². The molecular formula is C15H16BrNO2. The van der Waals surface area contributed by atoms with Crippen molar-refractivity contribution in [2.75, 3.05) is 6.54 Å². The number of carbonyl (C=O) groups is 1. The van der Waals surface area contributed by atoms with Gasteiger partial charge in [0.25, 0.3) is 5.91 Å². The van der Waals surface area contributed by atoms with E-state index in [0.29, 0.717) is 22.7 Å². The number of benzene rings is 1. The van der Waals surface area contributed by atoms with Gasteiger partial charge in [-0.15, -0.1) is 0 Å². The van der Waals surface area contributed by atoms with Crippen LogP contribution in [0.15, 0.2) is 51.7 Å². The van der Waals surface area contributed by atoms with Crippen molar-refractivity contribution in [1.82, 2.24) is 5.32 Å². The lowest BCUT2D eigenvalue weighted by Crippen LogP contribution is -2.25. The van der Waals surface area contributed by atoms with Gasteiger partial charge in [-0.1, -0.05) is 37.3 Å². The topological polar surface area (TPSA) is 42.2 Å². The van der Waals surface area contributed by atoms with Gasteiger partial charge < -0.3 is 9.73 Å². The van der Waals surface area contributed by atoms with E-state index in [-0.39, 0.29) is 5.91 Å². The molecule has 2 rings (SSSR count). The highest BCUT2D eigenvalue weighted by molar-refractivity contribution is 9.10. The fourth-order valence-electron chi connectivity index (χ4n) is 1.90. The molecule has 2 aromatic rings. The fourth-order valence-corrected chi connectivity index (χ4v) is 2.32. The van der Waals surface area contributed by atoms with Crippen LogP contribution >= 0.6 is 15.9 Å².